The van der Waals surface area contributed by atoms with Crippen LogP contribution in [0.25, 0.3) is 0 Å². The molecule has 6 nitrogen and oxygen atoms in total. The summed E-state index contributed by atoms with van der Waals surface area (Å²) in [5.74, 6) is 1.19. The number of anilines is 1. The second-order valence-corrected chi connectivity index (χ2v) is 4.77. The maximum atomic E-state index is 11.0. The van der Waals surface area contributed by atoms with Crippen molar-refractivity contribution in [3.8, 4) is 5.88 Å². The molecule has 19 heavy (non-hydrogen) atoms. The normalized spacial score (nSPS) is 13.7. The highest BCUT2D eigenvalue weighted by atomic mass is 16.6. The van der Waals surface area contributed by atoms with Crippen LogP contribution in [-0.4, -0.2) is 23.1 Å². The van der Waals surface area contributed by atoms with E-state index in [4.69, 9.17) is 4.74 Å². The van der Waals surface area contributed by atoms with Crippen molar-refractivity contribution in [3.05, 3.63) is 22.2 Å². The first-order chi connectivity index (χ1) is 8.97. The molecule has 106 valence electrons. The molecule has 0 saturated carbocycles. The van der Waals surface area contributed by atoms with Gasteiger partial charge in [-0.1, -0.05) is 20.3 Å². The van der Waals surface area contributed by atoms with Crippen molar-refractivity contribution < 1.29 is 9.66 Å². The Morgan fingerprint density at radius 2 is 2.16 bits per heavy atom. The number of hydrogen-bond donors (Lipinski definition) is 1. The number of ether oxygens (including phenoxy) is 1. The topological polar surface area (TPSA) is 77.3 Å². The van der Waals surface area contributed by atoms with E-state index in [0.717, 1.165) is 12.8 Å². The molecule has 1 heterocycles. The zero-order chi connectivity index (χ0) is 14.4. The molecule has 1 rings (SSSR count). The van der Waals surface area contributed by atoms with E-state index in [1.807, 2.05) is 6.92 Å². The Morgan fingerprint density at radius 1 is 1.47 bits per heavy atom. The minimum Gasteiger partial charge on any atom is -0.481 e. The zero-order valence-corrected chi connectivity index (χ0v) is 11.8. The molecule has 0 radical (unpaired) electrons. The first-order valence-electron chi connectivity index (χ1n) is 6.43. The van der Waals surface area contributed by atoms with Crippen molar-refractivity contribution in [2.45, 2.75) is 39.7 Å². The fourth-order valence-electron chi connectivity index (χ4n) is 1.86. The molecule has 1 aromatic heterocycles. The second kappa shape index (κ2) is 6.92. The summed E-state index contributed by atoms with van der Waals surface area (Å²) >= 11 is 0. The molecule has 0 aliphatic heterocycles. The number of hydrogen-bond acceptors (Lipinski definition) is 5. The summed E-state index contributed by atoms with van der Waals surface area (Å²) < 4.78 is 5.00. The zero-order valence-electron chi connectivity index (χ0n) is 11.8. The maximum Gasteiger partial charge on any atom is 0.311 e. The van der Waals surface area contributed by atoms with Crippen LogP contribution in [0.4, 0.5) is 11.5 Å². The number of methoxy groups -OCH3 is 1. The van der Waals surface area contributed by atoms with Crippen LogP contribution in [0, 0.1) is 16.0 Å². The van der Waals surface area contributed by atoms with E-state index in [2.05, 4.69) is 24.1 Å². The molecule has 0 saturated heterocycles. The van der Waals surface area contributed by atoms with Gasteiger partial charge in [-0.05, 0) is 19.3 Å². The maximum absolute atomic E-state index is 11.0. The molecule has 0 amide bonds. The summed E-state index contributed by atoms with van der Waals surface area (Å²) in [5.41, 5.74) is -0.0307. The number of nitro groups is 1. The lowest BCUT2D eigenvalue weighted by atomic mass is 10.0. The Hall–Kier alpha value is -1.85. The summed E-state index contributed by atoms with van der Waals surface area (Å²) in [6.07, 6.45) is 2.02. The summed E-state index contributed by atoms with van der Waals surface area (Å²) in [6.45, 7) is 6.28. The lowest BCUT2D eigenvalue weighted by Crippen LogP contribution is -2.19. The van der Waals surface area contributed by atoms with E-state index in [-0.39, 0.29) is 17.5 Å². The number of aromatic nitrogens is 1. The fourth-order valence-corrected chi connectivity index (χ4v) is 1.86. The van der Waals surface area contributed by atoms with Crippen LogP contribution < -0.4 is 10.1 Å². The van der Waals surface area contributed by atoms with E-state index in [9.17, 15) is 10.1 Å². The van der Waals surface area contributed by atoms with Gasteiger partial charge in [0.15, 0.2) is 0 Å². The van der Waals surface area contributed by atoms with Gasteiger partial charge in [-0.25, -0.2) is 0 Å². The molecule has 0 bridgehead atoms. The first-order valence-corrected chi connectivity index (χ1v) is 6.43. The molecular weight excluding hydrogens is 246 g/mol. The van der Waals surface area contributed by atoms with Crippen molar-refractivity contribution in [2.75, 3.05) is 12.4 Å². The van der Waals surface area contributed by atoms with E-state index in [1.165, 1.54) is 19.2 Å². The number of rotatable bonds is 7. The highest BCUT2D eigenvalue weighted by Crippen LogP contribution is 2.26. The third-order valence-corrected chi connectivity index (χ3v) is 3.09. The van der Waals surface area contributed by atoms with Gasteiger partial charge in [-0.3, -0.25) is 10.1 Å². The van der Waals surface area contributed by atoms with E-state index in [1.54, 1.807) is 0 Å². The quantitative estimate of drug-likeness (QED) is 0.606. The van der Waals surface area contributed by atoms with Crippen molar-refractivity contribution in [3.63, 3.8) is 0 Å². The van der Waals surface area contributed by atoms with E-state index < -0.39 is 4.92 Å². The third kappa shape index (κ3) is 4.39. The smallest absolute Gasteiger partial charge is 0.311 e. The van der Waals surface area contributed by atoms with Gasteiger partial charge < -0.3 is 10.1 Å². The van der Waals surface area contributed by atoms with Crippen LogP contribution in [-0.2, 0) is 0 Å². The Kier molecular flexibility index (Phi) is 5.54. The molecule has 2 atom stereocenters. The Balaban J connectivity index is 2.88. The van der Waals surface area contributed by atoms with Gasteiger partial charge in [0.25, 0.3) is 0 Å². The molecular formula is C13H21N3O3. The molecule has 0 fully saturated rings. The second-order valence-electron chi connectivity index (χ2n) is 4.77. The van der Waals surface area contributed by atoms with Crippen LogP contribution in [0.2, 0.25) is 0 Å². The van der Waals surface area contributed by atoms with Crippen molar-refractivity contribution in [2.24, 2.45) is 5.92 Å². The Bertz CT molecular complexity index is 437. The first kappa shape index (κ1) is 15.2. The SMILES string of the molecule is CCC(C)CC(C)Nc1nc(OC)ccc1[N+](=O)[O-]. The lowest BCUT2D eigenvalue weighted by Gasteiger charge is -2.18. The van der Waals surface area contributed by atoms with Gasteiger partial charge in [0, 0.05) is 18.2 Å². The Morgan fingerprint density at radius 3 is 2.68 bits per heavy atom. The number of nitrogens with one attached hydrogen (secondary N) is 1. The van der Waals surface area contributed by atoms with Gasteiger partial charge in [0.05, 0.1) is 12.0 Å². The standard InChI is InChI=1S/C13H21N3O3/c1-5-9(2)8-10(3)14-13-11(16(17)18)6-7-12(15-13)19-4/h6-7,9-10H,5,8H2,1-4H3,(H,14,15). The van der Waals surface area contributed by atoms with E-state index in [0.29, 0.717) is 11.8 Å². The van der Waals surface area contributed by atoms with E-state index >= 15 is 0 Å². The molecule has 1 N–H and O–H groups in total. The van der Waals surface area contributed by atoms with Crippen molar-refractivity contribution in [1.29, 1.82) is 0 Å². The predicted molar refractivity (Wildman–Crippen MR) is 74.6 cm³/mol. The lowest BCUT2D eigenvalue weighted by molar-refractivity contribution is -0.384. The fraction of sp³-hybridized carbons (Fsp3) is 0.615. The molecule has 2 unspecified atom stereocenters. The average molecular weight is 267 g/mol. The summed E-state index contributed by atoms with van der Waals surface area (Å²) in [5, 5.41) is 14.1. The molecule has 0 spiro atoms. The van der Waals surface area contributed by atoms with Gasteiger partial charge in [0.2, 0.25) is 11.7 Å². The molecule has 0 aliphatic carbocycles. The highest BCUT2D eigenvalue weighted by Gasteiger charge is 2.18. The van der Waals surface area contributed by atoms with Gasteiger partial charge in [0.1, 0.15) is 0 Å². The van der Waals surface area contributed by atoms with Crippen LogP contribution in [0.15, 0.2) is 12.1 Å². The van der Waals surface area contributed by atoms with Crippen LogP contribution in [0.5, 0.6) is 5.88 Å². The number of pyridine rings is 1. The van der Waals surface area contributed by atoms with Gasteiger partial charge in [-0.2, -0.15) is 4.98 Å². The minimum atomic E-state index is -0.440. The number of nitrogens with zero attached hydrogens (tertiary/aromatic N) is 2. The average Bonchev–Trinajstić information content (AvgIpc) is 2.37. The Labute approximate surface area is 113 Å². The molecule has 0 aliphatic rings. The largest absolute Gasteiger partial charge is 0.481 e. The predicted octanol–water partition coefficient (Wildman–Crippen LogP) is 3.24. The van der Waals surface area contributed by atoms with Gasteiger partial charge in [-0.15, -0.1) is 0 Å². The minimum absolute atomic E-state index is 0.0307. The monoisotopic (exact) mass is 267 g/mol. The summed E-state index contributed by atoms with van der Waals surface area (Å²) in [7, 11) is 1.49. The molecule has 0 aromatic carbocycles. The summed E-state index contributed by atoms with van der Waals surface area (Å²) in [6, 6.07) is 3.01. The van der Waals surface area contributed by atoms with Crippen molar-refractivity contribution >= 4 is 11.5 Å². The van der Waals surface area contributed by atoms with Crippen LogP contribution in [0.1, 0.15) is 33.6 Å². The molecule has 6 heteroatoms. The highest BCUT2D eigenvalue weighted by molar-refractivity contribution is 5.57. The van der Waals surface area contributed by atoms with Crippen molar-refractivity contribution in [1.82, 2.24) is 4.98 Å². The molecule has 1 aromatic rings. The van der Waals surface area contributed by atoms with Crippen LogP contribution in [0.3, 0.4) is 0 Å². The third-order valence-electron chi connectivity index (χ3n) is 3.09. The summed E-state index contributed by atoms with van der Waals surface area (Å²) in [4.78, 5) is 14.6. The van der Waals surface area contributed by atoms with Gasteiger partial charge >= 0.3 is 5.69 Å². The van der Waals surface area contributed by atoms with Crippen LogP contribution >= 0.6 is 0 Å².